The Morgan fingerprint density at radius 3 is 2.86 bits per heavy atom. The molecular weight excluding hydrogens is 290 g/mol. The van der Waals surface area contributed by atoms with Crippen molar-refractivity contribution in [3.8, 4) is 0 Å². The van der Waals surface area contributed by atoms with Crippen LogP contribution in [0.3, 0.4) is 0 Å². The smallest absolute Gasteiger partial charge is 0.260 e. The molecule has 1 aliphatic heterocycles. The van der Waals surface area contributed by atoms with Crippen molar-refractivity contribution >= 4 is 10.0 Å². The largest absolute Gasteiger partial charge is 0.313 e. The molecule has 7 nitrogen and oxygen atoms in total. The number of rotatable bonds is 6. The summed E-state index contributed by atoms with van der Waals surface area (Å²) in [6.07, 6.45) is 2.53. The standard InChI is InChI=1S/C13H25N5O2S/c1-4-12-10-18(7-6-17(12)3)21(19,20)13-11(8-14-5-2)9-15-16-13/h9,12,14H,4-8,10H2,1-3H3,(H,15,16). The van der Waals surface area contributed by atoms with Gasteiger partial charge in [0.1, 0.15) is 0 Å². The molecule has 0 amide bonds. The van der Waals surface area contributed by atoms with Crippen LogP contribution in [0.4, 0.5) is 0 Å². The van der Waals surface area contributed by atoms with E-state index in [1.807, 2.05) is 14.0 Å². The molecule has 0 radical (unpaired) electrons. The number of aromatic amines is 1. The molecule has 21 heavy (non-hydrogen) atoms. The molecule has 1 aromatic rings. The Hall–Kier alpha value is -0.960. The highest BCUT2D eigenvalue weighted by Crippen LogP contribution is 2.21. The van der Waals surface area contributed by atoms with Gasteiger partial charge in [0.25, 0.3) is 10.0 Å². The molecule has 1 unspecified atom stereocenters. The molecule has 0 saturated carbocycles. The van der Waals surface area contributed by atoms with Gasteiger partial charge in [0.2, 0.25) is 0 Å². The number of piperazine rings is 1. The fourth-order valence-corrected chi connectivity index (χ4v) is 4.19. The summed E-state index contributed by atoms with van der Waals surface area (Å²) in [6.45, 7) is 7.19. The van der Waals surface area contributed by atoms with E-state index in [1.54, 1.807) is 10.5 Å². The predicted octanol–water partition coefficient (Wildman–Crippen LogP) is 0.234. The molecule has 0 spiro atoms. The SMILES string of the molecule is CCNCc1cn[nH]c1S(=O)(=O)N1CCN(C)C(CC)C1. The summed E-state index contributed by atoms with van der Waals surface area (Å²) in [5.74, 6) is 0. The molecule has 120 valence electrons. The molecule has 1 aromatic heterocycles. The van der Waals surface area contributed by atoms with Gasteiger partial charge in [-0.3, -0.25) is 5.10 Å². The number of hydrogen-bond acceptors (Lipinski definition) is 5. The van der Waals surface area contributed by atoms with Crippen LogP contribution in [0, 0.1) is 0 Å². The number of hydrogen-bond donors (Lipinski definition) is 2. The summed E-state index contributed by atoms with van der Waals surface area (Å²) in [5, 5.41) is 9.94. The van der Waals surface area contributed by atoms with Gasteiger partial charge in [-0.25, -0.2) is 8.42 Å². The lowest BCUT2D eigenvalue weighted by Gasteiger charge is -2.38. The van der Waals surface area contributed by atoms with Gasteiger partial charge in [-0.05, 0) is 20.0 Å². The summed E-state index contributed by atoms with van der Waals surface area (Å²) >= 11 is 0. The number of nitrogens with zero attached hydrogens (tertiary/aromatic N) is 3. The van der Waals surface area contributed by atoms with Crippen LogP contribution in [0.15, 0.2) is 11.2 Å². The molecule has 2 rings (SSSR count). The maximum atomic E-state index is 12.8. The summed E-state index contributed by atoms with van der Waals surface area (Å²) < 4.78 is 27.2. The zero-order chi connectivity index (χ0) is 15.5. The molecule has 1 saturated heterocycles. The Balaban J connectivity index is 2.20. The first-order valence-corrected chi connectivity index (χ1v) is 8.88. The Labute approximate surface area is 126 Å². The normalized spacial score (nSPS) is 21.8. The average molecular weight is 315 g/mol. The Kier molecular flexibility index (Phi) is 5.37. The van der Waals surface area contributed by atoms with Gasteiger partial charge in [0.05, 0.1) is 6.20 Å². The molecule has 8 heteroatoms. The minimum atomic E-state index is -3.50. The minimum absolute atomic E-state index is 0.225. The molecular formula is C13H25N5O2S. The third-order valence-corrected chi connectivity index (χ3v) is 5.93. The van der Waals surface area contributed by atoms with Crippen LogP contribution in [-0.4, -0.2) is 67.1 Å². The number of aromatic nitrogens is 2. The minimum Gasteiger partial charge on any atom is -0.313 e. The van der Waals surface area contributed by atoms with Crippen LogP contribution in [0.1, 0.15) is 25.8 Å². The summed E-state index contributed by atoms with van der Waals surface area (Å²) in [4.78, 5) is 2.22. The Bertz CT molecular complexity index is 557. The van der Waals surface area contributed by atoms with E-state index >= 15 is 0 Å². The molecule has 2 heterocycles. The van der Waals surface area contributed by atoms with Crippen LogP contribution >= 0.6 is 0 Å². The van der Waals surface area contributed by atoms with Gasteiger partial charge in [0, 0.05) is 37.8 Å². The molecule has 0 bridgehead atoms. The molecule has 1 fully saturated rings. The number of nitrogens with one attached hydrogen (secondary N) is 2. The number of sulfonamides is 1. The third-order valence-electron chi connectivity index (χ3n) is 4.05. The Morgan fingerprint density at radius 1 is 1.43 bits per heavy atom. The highest BCUT2D eigenvalue weighted by atomic mass is 32.2. The van der Waals surface area contributed by atoms with Gasteiger partial charge in [0.15, 0.2) is 5.03 Å². The zero-order valence-corrected chi connectivity index (χ0v) is 13.8. The topological polar surface area (TPSA) is 81.3 Å². The summed E-state index contributed by atoms with van der Waals surface area (Å²) in [6, 6.07) is 0.272. The lowest BCUT2D eigenvalue weighted by molar-refractivity contribution is 0.144. The second kappa shape index (κ2) is 6.87. The lowest BCUT2D eigenvalue weighted by atomic mass is 10.1. The van der Waals surface area contributed by atoms with Crippen molar-refractivity contribution in [3.63, 3.8) is 0 Å². The second-order valence-electron chi connectivity index (χ2n) is 5.41. The van der Waals surface area contributed by atoms with Crippen molar-refractivity contribution in [2.75, 3.05) is 33.2 Å². The van der Waals surface area contributed by atoms with Crippen molar-refractivity contribution in [1.29, 1.82) is 0 Å². The first kappa shape index (κ1) is 16.4. The summed E-state index contributed by atoms with van der Waals surface area (Å²) in [7, 11) is -1.45. The number of likely N-dealkylation sites (N-methyl/N-ethyl adjacent to an activating group) is 1. The van der Waals surface area contributed by atoms with E-state index in [1.165, 1.54) is 0 Å². The summed E-state index contributed by atoms with van der Waals surface area (Å²) in [5.41, 5.74) is 0.698. The van der Waals surface area contributed by atoms with Crippen LogP contribution in [0.25, 0.3) is 0 Å². The Morgan fingerprint density at radius 2 is 2.19 bits per heavy atom. The van der Waals surface area contributed by atoms with Gasteiger partial charge >= 0.3 is 0 Å². The van der Waals surface area contributed by atoms with E-state index in [2.05, 4.69) is 27.3 Å². The fourth-order valence-electron chi connectivity index (χ4n) is 2.61. The van der Waals surface area contributed by atoms with Crippen LogP contribution < -0.4 is 5.32 Å². The monoisotopic (exact) mass is 315 g/mol. The van der Waals surface area contributed by atoms with E-state index in [0.717, 1.165) is 19.5 Å². The molecule has 2 N–H and O–H groups in total. The quantitative estimate of drug-likeness (QED) is 0.785. The fraction of sp³-hybridized carbons (Fsp3) is 0.769. The third kappa shape index (κ3) is 3.45. The first-order chi connectivity index (χ1) is 10.0. The van der Waals surface area contributed by atoms with Crippen molar-refractivity contribution in [3.05, 3.63) is 11.8 Å². The maximum absolute atomic E-state index is 12.8. The second-order valence-corrected chi connectivity index (χ2v) is 7.29. The zero-order valence-electron chi connectivity index (χ0n) is 13.0. The lowest BCUT2D eigenvalue weighted by Crippen LogP contribution is -2.53. The van der Waals surface area contributed by atoms with Crippen molar-refractivity contribution in [2.24, 2.45) is 0 Å². The van der Waals surface area contributed by atoms with E-state index in [4.69, 9.17) is 0 Å². The molecule has 0 aromatic carbocycles. The van der Waals surface area contributed by atoms with Crippen molar-refractivity contribution in [2.45, 2.75) is 37.9 Å². The molecule has 1 atom stereocenters. The highest BCUT2D eigenvalue weighted by molar-refractivity contribution is 7.89. The highest BCUT2D eigenvalue weighted by Gasteiger charge is 2.34. The molecule has 1 aliphatic rings. The number of H-pyrrole nitrogens is 1. The van der Waals surface area contributed by atoms with E-state index < -0.39 is 10.0 Å². The maximum Gasteiger partial charge on any atom is 0.260 e. The predicted molar refractivity (Wildman–Crippen MR) is 81.4 cm³/mol. The van der Waals surface area contributed by atoms with E-state index in [-0.39, 0.29) is 11.1 Å². The van der Waals surface area contributed by atoms with E-state index in [9.17, 15) is 8.42 Å². The van der Waals surface area contributed by atoms with Gasteiger partial charge < -0.3 is 10.2 Å². The average Bonchev–Trinajstić information content (AvgIpc) is 2.94. The van der Waals surface area contributed by atoms with Gasteiger partial charge in [-0.15, -0.1) is 0 Å². The van der Waals surface area contributed by atoms with Crippen LogP contribution in [0.2, 0.25) is 0 Å². The van der Waals surface area contributed by atoms with Gasteiger partial charge in [-0.2, -0.15) is 9.40 Å². The van der Waals surface area contributed by atoms with Crippen LogP contribution in [-0.2, 0) is 16.6 Å². The molecule has 0 aliphatic carbocycles. The van der Waals surface area contributed by atoms with Crippen LogP contribution in [0.5, 0.6) is 0 Å². The van der Waals surface area contributed by atoms with Gasteiger partial charge in [-0.1, -0.05) is 13.8 Å². The first-order valence-electron chi connectivity index (χ1n) is 7.44. The van der Waals surface area contributed by atoms with E-state index in [0.29, 0.717) is 25.2 Å². The van der Waals surface area contributed by atoms with Crippen molar-refractivity contribution < 1.29 is 8.42 Å². The van der Waals surface area contributed by atoms with Crippen molar-refractivity contribution in [1.82, 2.24) is 24.7 Å².